The highest BCUT2D eigenvalue weighted by molar-refractivity contribution is 9.11. The standard InChI is InChI=1S/C16H10BrF3N2OS/c17-15-22-12-5-4-10(7-13(12)24-15)14(23)21-8-9-2-1-3-11(6-9)16(18,19)20/h1-7H,8H2,(H,21,23). The second kappa shape index (κ2) is 6.52. The SMILES string of the molecule is O=C(NCc1cccc(C(F)(F)F)c1)c1ccc2nc(Br)sc2c1. The fourth-order valence-corrected chi connectivity index (χ4v) is 3.62. The van der Waals surface area contributed by atoms with E-state index in [1.54, 1.807) is 24.3 Å². The summed E-state index contributed by atoms with van der Waals surface area (Å²) in [6, 6.07) is 9.97. The largest absolute Gasteiger partial charge is 0.416 e. The first-order valence-corrected chi connectivity index (χ1v) is 8.44. The number of nitrogens with one attached hydrogen (secondary N) is 1. The molecule has 1 aromatic heterocycles. The Hall–Kier alpha value is -1.93. The van der Waals surface area contributed by atoms with Crippen LogP contribution in [0.25, 0.3) is 10.2 Å². The van der Waals surface area contributed by atoms with Gasteiger partial charge in [0.2, 0.25) is 0 Å². The van der Waals surface area contributed by atoms with Crippen LogP contribution in [-0.2, 0) is 12.7 Å². The molecule has 0 aliphatic heterocycles. The molecule has 124 valence electrons. The van der Waals surface area contributed by atoms with E-state index >= 15 is 0 Å². The summed E-state index contributed by atoms with van der Waals surface area (Å²) in [5.74, 6) is -0.348. The molecule has 0 aliphatic carbocycles. The molecule has 0 unspecified atom stereocenters. The molecular weight excluding hydrogens is 405 g/mol. The number of halogens is 4. The van der Waals surface area contributed by atoms with Gasteiger partial charge in [0.1, 0.15) is 0 Å². The molecule has 2 aromatic carbocycles. The molecule has 0 bridgehead atoms. The van der Waals surface area contributed by atoms with Gasteiger partial charge in [-0.15, -0.1) is 11.3 Å². The van der Waals surface area contributed by atoms with Crippen molar-refractivity contribution in [2.75, 3.05) is 0 Å². The fourth-order valence-electron chi connectivity index (χ4n) is 2.18. The van der Waals surface area contributed by atoms with Gasteiger partial charge in [0.05, 0.1) is 15.8 Å². The van der Waals surface area contributed by atoms with Crippen LogP contribution in [0.4, 0.5) is 13.2 Å². The Morgan fingerprint density at radius 2 is 2.00 bits per heavy atom. The Morgan fingerprint density at radius 1 is 1.21 bits per heavy atom. The van der Waals surface area contributed by atoms with Crippen LogP contribution in [0.1, 0.15) is 21.5 Å². The lowest BCUT2D eigenvalue weighted by atomic mass is 10.1. The third kappa shape index (κ3) is 3.76. The van der Waals surface area contributed by atoms with Crippen LogP contribution in [-0.4, -0.2) is 10.9 Å². The van der Waals surface area contributed by atoms with Gasteiger partial charge in [0.25, 0.3) is 5.91 Å². The van der Waals surface area contributed by atoms with Gasteiger partial charge in [-0.1, -0.05) is 12.1 Å². The van der Waals surface area contributed by atoms with E-state index in [1.165, 1.54) is 17.4 Å². The van der Waals surface area contributed by atoms with Crippen LogP contribution in [0.3, 0.4) is 0 Å². The lowest BCUT2D eigenvalue weighted by Crippen LogP contribution is -2.22. The van der Waals surface area contributed by atoms with E-state index in [-0.39, 0.29) is 12.5 Å². The summed E-state index contributed by atoms with van der Waals surface area (Å²) in [6.45, 7) is 0.0210. The van der Waals surface area contributed by atoms with Gasteiger partial charge in [0, 0.05) is 12.1 Å². The molecule has 3 nitrogen and oxygen atoms in total. The Balaban J connectivity index is 1.72. The highest BCUT2D eigenvalue weighted by Crippen LogP contribution is 2.29. The summed E-state index contributed by atoms with van der Waals surface area (Å²) in [7, 11) is 0. The van der Waals surface area contributed by atoms with Crippen LogP contribution < -0.4 is 5.32 Å². The fraction of sp³-hybridized carbons (Fsp3) is 0.125. The van der Waals surface area contributed by atoms with Gasteiger partial charge < -0.3 is 5.32 Å². The molecule has 3 rings (SSSR count). The summed E-state index contributed by atoms with van der Waals surface area (Å²) in [5.41, 5.74) is 0.872. The van der Waals surface area contributed by atoms with E-state index in [9.17, 15) is 18.0 Å². The van der Waals surface area contributed by atoms with E-state index in [4.69, 9.17) is 0 Å². The van der Waals surface area contributed by atoms with Gasteiger partial charge >= 0.3 is 6.18 Å². The average molecular weight is 415 g/mol. The zero-order valence-corrected chi connectivity index (χ0v) is 14.4. The first-order valence-electron chi connectivity index (χ1n) is 6.83. The number of carbonyl (C=O) groups excluding carboxylic acids is 1. The highest BCUT2D eigenvalue weighted by Gasteiger charge is 2.30. The second-order valence-electron chi connectivity index (χ2n) is 5.03. The van der Waals surface area contributed by atoms with Crippen LogP contribution in [0.15, 0.2) is 46.4 Å². The lowest BCUT2D eigenvalue weighted by molar-refractivity contribution is -0.137. The molecule has 0 radical (unpaired) electrons. The van der Waals surface area contributed by atoms with E-state index in [0.29, 0.717) is 11.1 Å². The number of fused-ring (bicyclic) bond motifs is 1. The maximum Gasteiger partial charge on any atom is 0.416 e. The first-order chi connectivity index (χ1) is 11.3. The maximum absolute atomic E-state index is 12.7. The number of amides is 1. The molecule has 8 heteroatoms. The smallest absolute Gasteiger partial charge is 0.348 e. The van der Waals surface area contributed by atoms with Crippen molar-refractivity contribution in [1.29, 1.82) is 0 Å². The number of hydrogen-bond acceptors (Lipinski definition) is 3. The van der Waals surface area contributed by atoms with Crippen molar-refractivity contribution < 1.29 is 18.0 Å². The number of thiazole rings is 1. The third-order valence-electron chi connectivity index (χ3n) is 3.33. The summed E-state index contributed by atoms with van der Waals surface area (Å²) < 4.78 is 39.6. The van der Waals surface area contributed by atoms with Gasteiger partial charge in [-0.25, -0.2) is 4.98 Å². The van der Waals surface area contributed by atoms with Crippen molar-refractivity contribution in [3.63, 3.8) is 0 Å². The van der Waals surface area contributed by atoms with Gasteiger partial charge in [-0.05, 0) is 51.8 Å². The Labute approximate surface area is 147 Å². The summed E-state index contributed by atoms with van der Waals surface area (Å²) in [5, 5.41) is 2.63. The van der Waals surface area contributed by atoms with Crippen molar-refractivity contribution in [1.82, 2.24) is 10.3 Å². The Morgan fingerprint density at radius 3 is 2.75 bits per heavy atom. The lowest BCUT2D eigenvalue weighted by Gasteiger charge is -2.09. The van der Waals surface area contributed by atoms with Crippen LogP contribution in [0.5, 0.6) is 0 Å². The number of carbonyl (C=O) groups is 1. The topological polar surface area (TPSA) is 42.0 Å². The number of hydrogen-bond donors (Lipinski definition) is 1. The number of benzene rings is 2. The number of rotatable bonds is 3. The summed E-state index contributed by atoms with van der Waals surface area (Å²) >= 11 is 4.69. The molecule has 0 spiro atoms. The molecule has 0 atom stereocenters. The maximum atomic E-state index is 12.7. The van der Waals surface area contributed by atoms with Gasteiger partial charge in [0.15, 0.2) is 3.92 Å². The Kier molecular flexibility index (Phi) is 4.60. The Bertz CT molecular complexity index is 908. The summed E-state index contributed by atoms with van der Waals surface area (Å²) in [6.07, 6.45) is -4.40. The van der Waals surface area contributed by atoms with Crippen molar-refractivity contribution in [2.24, 2.45) is 0 Å². The van der Waals surface area contributed by atoms with E-state index in [2.05, 4.69) is 26.2 Å². The normalized spacial score (nSPS) is 11.7. The number of nitrogens with zero attached hydrogens (tertiary/aromatic N) is 1. The zero-order valence-electron chi connectivity index (χ0n) is 12.0. The van der Waals surface area contributed by atoms with E-state index < -0.39 is 11.7 Å². The van der Waals surface area contributed by atoms with E-state index in [1.807, 2.05) is 0 Å². The first kappa shape index (κ1) is 16.9. The molecule has 0 saturated heterocycles. The molecule has 1 heterocycles. The molecule has 1 N–H and O–H groups in total. The van der Waals surface area contributed by atoms with E-state index in [0.717, 1.165) is 26.3 Å². The van der Waals surface area contributed by atoms with Gasteiger partial charge in [-0.2, -0.15) is 13.2 Å². The van der Waals surface area contributed by atoms with Crippen LogP contribution >= 0.6 is 27.3 Å². The minimum atomic E-state index is -4.40. The van der Waals surface area contributed by atoms with Crippen molar-refractivity contribution in [3.8, 4) is 0 Å². The van der Waals surface area contributed by atoms with Crippen LogP contribution in [0, 0.1) is 0 Å². The minimum Gasteiger partial charge on any atom is -0.348 e. The van der Waals surface area contributed by atoms with Crippen molar-refractivity contribution in [2.45, 2.75) is 12.7 Å². The molecule has 0 fully saturated rings. The predicted octanol–water partition coefficient (Wildman–Crippen LogP) is 5.01. The number of aromatic nitrogens is 1. The molecule has 1 amide bonds. The van der Waals surface area contributed by atoms with Gasteiger partial charge in [-0.3, -0.25) is 4.79 Å². The minimum absolute atomic E-state index is 0.0210. The molecule has 0 saturated carbocycles. The zero-order chi connectivity index (χ0) is 17.3. The monoisotopic (exact) mass is 414 g/mol. The highest BCUT2D eigenvalue weighted by atomic mass is 79.9. The summed E-state index contributed by atoms with van der Waals surface area (Å²) in [4.78, 5) is 16.4. The molecule has 3 aromatic rings. The molecule has 0 aliphatic rings. The second-order valence-corrected chi connectivity index (χ2v) is 7.34. The third-order valence-corrected chi connectivity index (χ3v) is 4.80. The molecule has 24 heavy (non-hydrogen) atoms. The van der Waals surface area contributed by atoms with Crippen molar-refractivity contribution in [3.05, 3.63) is 63.1 Å². The quantitative estimate of drug-likeness (QED) is 0.654. The molecular formula is C16H10BrF3N2OS. The number of alkyl halides is 3. The average Bonchev–Trinajstić information content (AvgIpc) is 2.91. The van der Waals surface area contributed by atoms with Crippen LogP contribution in [0.2, 0.25) is 0 Å². The van der Waals surface area contributed by atoms with Crippen molar-refractivity contribution >= 4 is 43.4 Å². The predicted molar refractivity (Wildman–Crippen MR) is 89.9 cm³/mol.